The Morgan fingerprint density at radius 3 is 2.56 bits per heavy atom. The van der Waals surface area contributed by atoms with E-state index in [0.29, 0.717) is 6.04 Å². The van der Waals surface area contributed by atoms with Crippen molar-refractivity contribution >= 4 is 5.70 Å². The molecular formula is C23H29N3O. The zero-order valence-corrected chi connectivity index (χ0v) is 16.3. The van der Waals surface area contributed by atoms with Gasteiger partial charge in [0.1, 0.15) is 5.75 Å². The van der Waals surface area contributed by atoms with Gasteiger partial charge < -0.3 is 15.0 Å². The number of nitrogens with zero attached hydrogens (tertiary/aromatic N) is 2. The molecule has 0 radical (unpaired) electrons. The quantitative estimate of drug-likeness (QED) is 0.872. The molecule has 0 spiro atoms. The molecule has 0 unspecified atom stereocenters. The third kappa shape index (κ3) is 3.96. The minimum Gasteiger partial charge on any atom is -0.497 e. The topological polar surface area (TPSA) is 27.7 Å². The lowest BCUT2D eigenvalue weighted by Gasteiger charge is -2.38. The zero-order valence-electron chi connectivity index (χ0n) is 16.3. The highest BCUT2D eigenvalue weighted by Crippen LogP contribution is 2.29. The number of likely N-dealkylation sites (tertiary alicyclic amines) is 1. The van der Waals surface area contributed by atoms with E-state index in [-0.39, 0.29) is 0 Å². The number of rotatable bonds is 5. The van der Waals surface area contributed by atoms with E-state index >= 15 is 0 Å². The maximum absolute atomic E-state index is 5.35. The molecule has 1 saturated heterocycles. The Bertz CT molecular complexity index is 794. The molecule has 142 valence electrons. The molecule has 0 aliphatic carbocycles. The van der Waals surface area contributed by atoms with E-state index in [2.05, 4.69) is 70.6 Å². The largest absolute Gasteiger partial charge is 0.497 e. The average molecular weight is 364 g/mol. The van der Waals surface area contributed by atoms with Crippen molar-refractivity contribution in [3.8, 4) is 5.75 Å². The van der Waals surface area contributed by atoms with E-state index < -0.39 is 0 Å². The fraction of sp³-hybridized carbons (Fsp3) is 0.391. The second-order valence-corrected chi connectivity index (χ2v) is 7.49. The van der Waals surface area contributed by atoms with Crippen LogP contribution in [0.5, 0.6) is 5.75 Å². The summed E-state index contributed by atoms with van der Waals surface area (Å²) in [5, 5.41) is 3.61. The van der Waals surface area contributed by atoms with Crippen molar-refractivity contribution < 1.29 is 4.74 Å². The number of ether oxygens (including phenoxy) is 1. The molecule has 0 bridgehead atoms. The molecule has 0 amide bonds. The first-order valence-electron chi connectivity index (χ1n) is 9.86. The molecule has 2 aromatic carbocycles. The number of methoxy groups -OCH3 is 1. The number of hydrogen-bond donors (Lipinski definition) is 1. The van der Waals surface area contributed by atoms with Gasteiger partial charge >= 0.3 is 0 Å². The highest BCUT2D eigenvalue weighted by molar-refractivity contribution is 5.68. The molecule has 4 nitrogen and oxygen atoms in total. The number of nitrogens with one attached hydrogen (secondary N) is 1. The van der Waals surface area contributed by atoms with Crippen molar-refractivity contribution in [1.82, 2.24) is 15.1 Å². The Kier molecular flexibility index (Phi) is 5.35. The van der Waals surface area contributed by atoms with Crippen LogP contribution in [0.3, 0.4) is 0 Å². The number of benzene rings is 2. The van der Waals surface area contributed by atoms with Gasteiger partial charge in [0.25, 0.3) is 0 Å². The normalized spacial score (nSPS) is 18.7. The SMILES string of the molecule is COc1cccc(CN2CCC(N3CNC(c4ccccc4)=C3C)CC2)c1. The third-order valence-corrected chi connectivity index (χ3v) is 5.82. The molecule has 27 heavy (non-hydrogen) atoms. The molecule has 2 aliphatic rings. The van der Waals surface area contributed by atoms with Crippen LogP contribution in [0.15, 0.2) is 60.3 Å². The maximum atomic E-state index is 5.35. The van der Waals surface area contributed by atoms with Gasteiger partial charge in [0, 0.05) is 31.4 Å². The van der Waals surface area contributed by atoms with Gasteiger partial charge in [0.15, 0.2) is 0 Å². The summed E-state index contributed by atoms with van der Waals surface area (Å²) in [6.45, 7) is 6.48. The van der Waals surface area contributed by atoms with Crippen LogP contribution in [0.1, 0.15) is 30.9 Å². The van der Waals surface area contributed by atoms with Gasteiger partial charge in [-0.05, 0) is 43.0 Å². The second-order valence-electron chi connectivity index (χ2n) is 7.49. The van der Waals surface area contributed by atoms with Crippen LogP contribution in [0.25, 0.3) is 5.70 Å². The fourth-order valence-electron chi connectivity index (χ4n) is 4.29. The summed E-state index contributed by atoms with van der Waals surface area (Å²) in [5.74, 6) is 0.944. The highest BCUT2D eigenvalue weighted by atomic mass is 16.5. The van der Waals surface area contributed by atoms with E-state index in [1.54, 1.807) is 7.11 Å². The Labute approximate surface area is 162 Å². The third-order valence-electron chi connectivity index (χ3n) is 5.82. The first-order chi connectivity index (χ1) is 13.2. The summed E-state index contributed by atoms with van der Waals surface area (Å²) in [6.07, 6.45) is 2.43. The number of allylic oxidation sites excluding steroid dienone is 1. The van der Waals surface area contributed by atoms with Gasteiger partial charge in [0.2, 0.25) is 0 Å². The van der Waals surface area contributed by atoms with Gasteiger partial charge in [-0.1, -0.05) is 42.5 Å². The van der Waals surface area contributed by atoms with E-state index in [1.807, 2.05) is 6.07 Å². The molecule has 2 aliphatic heterocycles. The molecule has 1 fully saturated rings. The monoisotopic (exact) mass is 363 g/mol. The van der Waals surface area contributed by atoms with Crippen molar-refractivity contribution in [1.29, 1.82) is 0 Å². The van der Waals surface area contributed by atoms with Crippen LogP contribution in [-0.2, 0) is 6.54 Å². The minimum atomic E-state index is 0.625. The van der Waals surface area contributed by atoms with Crippen LogP contribution in [-0.4, -0.2) is 42.7 Å². The molecule has 2 aromatic rings. The summed E-state index contributed by atoms with van der Waals surface area (Å²) < 4.78 is 5.35. The Balaban J connectivity index is 1.36. The van der Waals surface area contributed by atoms with Crippen molar-refractivity contribution in [3.05, 3.63) is 71.4 Å². The molecule has 0 aromatic heterocycles. The van der Waals surface area contributed by atoms with Crippen LogP contribution < -0.4 is 10.1 Å². The van der Waals surface area contributed by atoms with Gasteiger partial charge in [-0.3, -0.25) is 4.90 Å². The van der Waals surface area contributed by atoms with Crippen LogP contribution >= 0.6 is 0 Å². The highest BCUT2D eigenvalue weighted by Gasteiger charge is 2.29. The Morgan fingerprint density at radius 2 is 1.81 bits per heavy atom. The minimum absolute atomic E-state index is 0.625. The molecule has 0 saturated carbocycles. The van der Waals surface area contributed by atoms with E-state index in [4.69, 9.17) is 4.74 Å². The molecule has 1 N–H and O–H groups in total. The van der Waals surface area contributed by atoms with Gasteiger partial charge in [0.05, 0.1) is 19.5 Å². The maximum Gasteiger partial charge on any atom is 0.119 e. The fourth-order valence-corrected chi connectivity index (χ4v) is 4.29. The summed E-state index contributed by atoms with van der Waals surface area (Å²) in [4.78, 5) is 5.12. The molecule has 4 rings (SSSR count). The van der Waals surface area contributed by atoms with Crippen molar-refractivity contribution in [2.75, 3.05) is 26.9 Å². The Morgan fingerprint density at radius 1 is 1.04 bits per heavy atom. The van der Waals surface area contributed by atoms with Crippen molar-refractivity contribution in [2.24, 2.45) is 0 Å². The number of hydrogen-bond acceptors (Lipinski definition) is 4. The lowest BCUT2D eigenvalue weighted by molar-refractivity contribution is 0.132. The smallest absolute Gasteiger partial charge is 0.119 e. The van der Waals surface area contributed by atoms with Gasteiger partial charge in [-0.2, -0.15) is 0 Å². The molecule has 0 atom stereocenters. The summed E-state index contributed by atoms with van der Waals surface area (Å²) in [5.41, 5.74) is 5.29. The summed E-state index contributed by atoms with van der Waals surface area (Å²) in [7, 11) is 1.73. The van der Waals surface area contributed by atoms with Crippen molar-refractivity contribution in [3.63, 3.8) is 0 Å². The lowest BCUT2D eigenvalue weighted by Crippen LogP contribution is -2.44. The van der Waals surface area contributed by atoms with Crippen LogP contribution in [0, 0.1) is 0 Å². The first-order valence-corrected chi connectivity index (χ1v) is 9.86. The summed E-state index contributed by atoms with van der Waals surface area (Å²) >= 11 is 0. The lowest BCUT2D eigenvalue weighted by atomic mass is 10.0. The van der Waals surface area contributed by atoms with Crippen molar-refractivity contribution in [2.45, 2.75) is 32.4 Å². The van der Waals surface area contributed by atoms with Gasteiger partial charge in [-0.15, -0.1) is 0 Å². The van der Waals surface area contributed by atoms with Crippen LogP contribution in [0.2, 0.25) is 0 Å². The second kappa shape index (κ2) is 8.05. The van der Waals surface area contributed by atoms with E-state index in [0.717, 1.165) is 32.1 Å². The number of piperidine rings is 1. The molecular weight excluding hydrogens is 334 g/mol. The van der Waals surface area contributed by atoms with Gasteiger partial charge in [-0.25, -0.2) is 0 Å². The standard InChI is InChI=1S/C23H29N3O/c1-18-23(20-8-4-3-5-9-20)24-17-26(18)21-11-13-25(14-12-21)16-19-7-6-10-22(15-19)27-2/h3-10,15,21,24H,11-14,16-17H2,1-2H3. The van der Waals surface area contributed by atoms with E-state index in [1.165, 1.54) is 35.4 Å². The zero-order chi connectivity index (χ0) is 18.6. The summed E-state index contributed by atoms with van der Waals surface area (Å²) in [6, 6.07) is 19.7. The van der Waals surface area contributed by atoms with E-state index in [9.17, 15) is 0 Å². The molecule has 4 heteroatoms. The first kappa shape index (κ1) is 17.9. The molecule has 2 heterocycles. The average Bonchev–Trinajstić information content (AvgIpc) is 3.11. The predicted octanol–water partition coefficient (Wildman–Crippen LogP) is 3.91. The van der Waals surface area contributed by atoms with Crippen LogP contribution in [0.4, 0.5) is 0 Å². The predicted molar refractivity (Wildman–Crippen MR) is 110 cm³/mol. The Hall–Kier alpha value is -2.46.